The molecule has 142 valence electrons. The second-order valence-corrected chi connectivity index (χ2v) is 6.49. The molecule has 1 heterocycles. The van der Waals surface area contributed by atoms with Crippen molar-refractivity contribution in [2.24, 2.45) is 5.92 Å². The summed E-state index contributed by atoms with van der Waals surface area (Å²) in [5.41, 5.74) is 1.60. The Hall–Kier alpha value is -2.92. The molecule has 0 fully saturated rings. The second kappa shape index (κ2) is 9.14. The summed E-state index contributed by atoms with van der Waals surface area (Å²) in [6.07, 6.45) is 0. The predicted molar refractivity (Wildman–Crippen MR) is 103 cm³/mol. The number of carbonyl (C=O) groups excluding carboxylic acids is 2. The molecule has 0 saturated carbocycles. The van der Waals surface area contributed by atoms with Crippen LogP contribution < -0.4 is 15.4 Å². The van der Waals surface area contributed by atoms with Crippen molar-refractivity contribution in [2.45, 2.75) is 26.8 Å². The molecule has 27 heavy (non-hydrogen) atoms. The van der Waals surface area contributed by atoms with Gasteiger partial charge in [0.15, 0.2) is 11.7 Å². The molecule has 0 unspecified atom stereocenters. The van der Waals surface area contributed by atoms with Crippen LogP contribution in [-0.2, 0) is 14.3 Å². The average molecular weight is 387 g/mol. The molecule has 1 aromatic carbocycles. The van der Waals surface area contributed by atoms with Crippen LogP contribution in [0.2, 0.25) is 0 Å². The van der Waals surface area contributed by atoms with E-state index in [4.69, 9.17) is 27.0 Å². The third-order valence-corrected chi connectivity index (χ3v) is 4.12. The fourth-order valence-electron chi connectivity index (χ4n) is 2.72. The van der Waals surface area contributed by atoms with Gasteiger partial charge in [0.05, 0.1) is 18.2 Å². The van der Waals surface area contributed by atoms with Gasteiger partial charge in [0, 0.05) is 5.70 Å². The van der Waals surface area contributed by atoms with Gasteiger partial charge < -0.3 is 20.1 Å². The van der Waals surface area contributed by atoms with Crippen LogP contribution in [0.15, 0.2) is 35.5 Å². The minimum absolute atomic E-state index is 0.0563. The number of ether oxygens (including phenoxy) is 2. The van der Waals surface area contributed by atoms with Crippen LogP contribution in [0.4, 0.5) is 0 Å². The summed E-state index contributed by atoms with van der Waals surface area (Å²) >= 11 is 5.27. The van der Waals surface area contributed by atoms with Crippen LogP contribution in [-0.4, -0.2) is 30.1 Å². The Labute approximate surface area is 163 Å². The summed E-state index contributed by atoms with van der Waals surface area (Å²) in [5.74, 6) is -1.14. The normalized spacial score (nSPS) is 16.3. The number of thiocarbonyl (C=S) groups is 1. The SMILES string of the molecule is CCOC(=O)C(=O)C1=C(C(C)C)NC(=S)N[C@H]1c1ccc(OCC#N)cc1. The molecule has 0 aliphatic carbocycles. The van der Waals surface area contributed by atoms with Crippen LogP contribution in [0.3, 0.4) is 0 Å². The minimum Gasteiger partial charge on any atom is -0.479 e. The Morgan fingerprint density at radius 2 is 1.96 bits per heavy atom. The molecular weight excluding hydrogens is 366 g/mol. The van der Waals surface area contributed by atoms with Gasteiger partial charge in [-0.3, -0.25) is 4.79 Å². The molecule has 1 aliphatic heterocycles. The lowest BCUT2D eigenvalue weighted by molar-refractivity contribution is -0.152. The van der Waals surface area contributed by atoms with Gasteiger partial charge in [-0.1, -0.05) is 26.0 Å². The topological polar surface area (TPSA) is 100 Å². The van der Waals surface area contributed by atoms with Crippen LogP contribution in [0.25, 0.3) is 0 Å². The maximum absolute atomic E-state index is 12.8. The van der Waals surface area contributed by atoms with Crippen LogP contribution in [0.1, 0.15) is 32.4 Å². The van der Waals surface area contributed by atoms with Gasteiger partial charge in [0.2, 0.25) is 0 Å². The summed E-state index contributed by atoms with van der Waals surface area (Å²) in [5, 5.41) is 15.0. The van der Waals surface area contributed by atoms with E-state index < -0.39 is 17.8 Å². The van der Waals surface area contributed by atoms with Gasteiger partial charge in [-0.2, -0.15) is 5.26 Å². The molecular formula is C19H21N3O4S. The lowest BCUT2D eigenvalue weighted by Crippen LogP contribution is -2.47. The number of ketones is 1. The quantitative estimate of drug-likeness (QED) is 0.417. The van der Waals surface area contributed by atoms with Crippen molar-refractivity contribution in [2.75, 3.05) is 13.2 Å². The molecule has 0 spiro atoms. The zero-order chi connectivity index (χ0) is 20.0. The monoisotopic (exact) mass is 387 g/mol. The van der Waals surface area contributed by atoms with Crippen molar-refractivity contribution in [3.8, 4) is 11.8 Å². The van der Waals surface area contributed by atoms with E-state index in [0.717, 1.165) is 5.56 Å². The molecule has 0 amide bonds. The number of hydrogen-bond donors (Lipinski definition) is 2. The Kier molecular flexibility index (Phi) is 6.91. The minimum atomic E-state index is -0.902. The van der Waals surface area contributed by atoms with E-state index in [9.17, 15) is 9.59 Å². The molecule has 1 aromatic rings. The number of hydrogen-bond acceptors (Lipinski definition) is 6. The smallest absolute Gasteiger partial charge is 0.379 e. The highest BCUT2D eigenvalue weighted by Gasteiger charge is 2.36. The van der Waals surface area contributed by atoms with E-state index in [1.54, 1.807) is 31.2 Å². The zero-order valence-corrected chi connectivity index (χ0v) is 16.2. The maximum atomic E-state index is 12.8. The molecule has 1 aliphatic rings. The first-order valence-corrected chi connectivity index (χ1v) is 8.92. The van der Waals surface area contributed by atoms with Crippen LogP contribution >= 0.6 is 12.2 Å². The van der Waals surface area contributed by atoms with Gasteiger partial charge in [-0.05, 0) is 42.8 Å². The van der Waals surface area contributed by atoms with Crippen molar-refractivity contribution in [3.05, 3.63) is 41.1 Å². The van der Waals surface area contributed by atoms with E-state index in [2.05, 4.69) is 10.6 Å². The molecule has 7 nitrogen and oxygen atoms in total. The van der Waals surface area contributed by atoms with Crippen molar-refractivity contribution in [1.82, 2.24) is 10.6 Å². The standard InChI is InChI=1S/C19H21N3O4S/c1-4-25-18(24)17(23)14-15(11(2)3)21-19(27)22-16(14)12-5-7-13(8-6-12)26-10-9-20/h5-8,11,16H,4,10H2,1-3H3,(H2,21,22,27)/t16-/m0/s1. The van der Waals surface area contributed by atoms with E-state index in [1.807, 2.05) is 19.9 Å². The fourth-order valence-corrected chi connectivity index (χ4v) is 2.95. The molecule has 2 N–H and O–H groups in total. The second-order valence-electron chi connectivity index (χ2n) is 6.08. The number of carbonyl (C=O) groups is 2. The van der Waals surface area contributed by atoms with E-state index in [-0.39, 0.29) is 24.7 Å². The van der Waals surface area contributed by atoms with E-state index in [0.29, 0.717) is 16.6 Å². The Bertz CT molecular complexity index is 809. The number of benzene rings is 1. The lowest BCUT2D eigenvalue weighted by Gasteiger charge is -2.32. The van der Waals surface area contributed by atoms with Crippen LogP contribution in [0, 0.1) is 17.2 Å². The number of nitrogens with one attached hydrogen (secondary N) is 2. The summed E-state index contributed by atoms with van der Waals surface area (Å²) in [6, 6.07) is 8.21. The maximum Gasteiger partial charge on any atom is 0.379 e. The van der Waals surface area contributed by atoms with Gasteiger partial charge in [0.1, 0.15) is 11.8 Å². The molecule has 0 radical (unpaired) electrons. The lowest BCUT2D eigenvalue weighted by atomic mass is 9.89. The van der Waals surface area contributed by atoms with Gasteiger partial charge >= 0.3 is 5.97 Å². The van der Waals surface area contributed by atoms with Crippen LogP contribution in [0.5, 0.6) is 5.75 Å². The summed E-state index contributed by atoms with van der Waals surface area (Å²) in [7, 11) is 0. The van der Waals surface area contributed by atoms with Crippen molar-refractivity contribution < 1.29 is 19.1 Å². The summed E-state index contributed by atoms with van der Waals surface area (Å²) in [6.45, 7) is 5.52. The number of rotatable bonds is 7. The van der Waals surface area contributed by atoms with E-state index in [1.165, 1.54) is 0 Å². The van der Waals surface area contributed by atoms with Gasteiger partial charge in [-0.25, -0.2) is 4.79 Å². The summed E-state index contributed by atoms with van der Waals surface area (Å²) < 4.78 is 10.1. The van der Waals surface area contributed by atoms with Crippen molar-refractivity contribution in [3.63, 3.8) is 0 Å². The predicted octanol–water partition coefficient (Wildman–Crippen LogP) is 2.15. The first-order chi connectivity index (χ1) is 12.9. The zero-order valence-electron chi connectivity index (χ0n) is 15.4. The molecule has 2 rings (SSSR count). The average Bonchev–Trinajstić information content (AvgIpc) is 2.65. The Morgan fingerprint density at radius 1 is 1.30 bits per heavy atom. The number of allylic oxidation sites excluding steroid dienone is 1. The molecule has 0 aromatic heterocycles. The first-order valence-electron chi connectivity index (χ1n) is 8.51. The number of esters is 1. The molecule has 1 atom stereocenters. The third kappa shape index (κ3) is 4.83. The third-order valence-electron chi connectivity index (χ3n) is 3.90. The van der Waals surface area contributed by atoms with Crippen molar-refractivity contribution >= 4 is 29.1 Å². The van der Waals surface area contributed by atoms with Gasteiger partial charge in [-0.15, -0.1) is 0 Å². The largest absolute Gasteiger partial charge is 0.479 e. The first kappa shape index (κ1) is 20.4. The van der Waals surface area contributed by atoms with Gasteiger partial charge in [0.25, 0.3) is 5.78 Å². The number of nitrogens with zero attached hydrogens (tertiary/aromatic N) is 1. The highest BCUT2D eigenvalue weighted by Crippen LogP contribution is 2.31. The Morgan fingerprint density at radius 3 is 2.52 bits per heavy atom. The molecule has 0 saturated heterocycles. The molecule has 0 bridgehead atoms. The highest BCUT2D eigenvalue weighted by molar-refractivity contribution is 7.80. The molecule has 8 heteroatoms. The summed E-state index contributed by atoms with van der Waals surface area (Å²) in [4.78, 5) is 24.9. The Balaban J connectivity index is 2.46. The number of Topliss-reactive ketones (excluding diaryl/α,β-unsaturated/α-hetero) is 1. The highest BCUT2D eigenvalue weighted by atomic mass is 32.1. The number of nitriles is 1. The van der Waals surface area contributed by atoms with Crippen molar-refractivity contribution in [1.29, 1.82) is 5.26 Å². The van der Waals surface area contributed by atoms with E-state index >= 15 is 0 Å². The fraction of sp³-hybridized carbons (Fsp3) is 0.368.